The molecule has 172 valence electrons. The van der Waals surface area contributed by atoms with E-state index in [0.717, 1.165) is 43.4 Å². The Hall–Kier alpha value is -3.75. The fourth-order valence-corrected chi connectivity index (χ4v) is 5.12. The number of rotatable bonds is 8. The maximum atomic E-state index is 5.51. The van der Waals surface area contributed by atoms with Crippen molar-refractivity contribution in [1.82, 2.24) is 19.5 Å². The van der Waals surface area contributed by atoms with Gasteiger partial charge in [-0.25, -0.2) is 15.0 Å². The average Bonchev–Trinajstić information content (AvgIpc) is 3.48. The van der Waals surface area contributed by atoms with Crippen LogP contribution < -0.4 is 10.1 Å². The highest BCUT2D eigenvalue weighted by Crippen LogP contribution is 2.47. The molecule has 34 heavy (non-hydrogen) atoms. The lowest BCUT2D eigenvalue weighted by Crippen LogP contribution is -2.10. The van der Waals surface area contributed by atoms with Crippen LogP contribution in [0.4, 0.5) is 5.82 Å². The number of nitrogens with one attached hydrogen (secondary N) is 1. The van der Waals surface area contributed by atoms with Crippen LogP contribution >= 0.6 is 11.3 Å². The Labute approximate surface area is 202 Å². The maximum Gasteiger partial charge on any atom is 0.199 e. The Balaban J connectivity index is 1.81. The molecular formula is C26H25N5O2S. The smallest absolute Gasteiger partial charge is 0.199 e. The number of imidazole rings is 1. The van der Waals surface area contributed by atoms with Gasteiger partial charge in [-0.1, -0.05) is 42.5 Å². The normalized spacial score (nSPS) is 11.1. The van der Waals surface area contributed by atoms with E-state index in [2.05, 4.69) is 46.7 Å². The summed E-state index contributed by atoms with van der Waals surface area (Å²) in [6.07, 6.45) is 3.65. The number of nitrogens with zero attached hydrogens (tertiary/aromatic N) is 4. The van der Waals surface area contributed by atoms with E-state index in [4.69, 9.17) is 19.4 Å². The molecule has 0 bridgehead atoms. The molecule has 0 aliphatic carbocycles. The summed E-state index contributed by atoms with van der Waals surface area (Å²) >= 11 is 1.65. The van der Waals surface area contributed by atoms with Crippen molar-refractivity contribution in [2.24, 2.45) is 7.05 Å². The summed E-state index contributed by atoms with van der Waals surface area (Å²) in [6, 6.07) is 18.5. The molecule has 0 saturated heterocycles. The number of thiophene rings is 1. The zero-order valence-electron chi connectivity index (χ0n) is 19.3. The van der Waals surface area contributed by atoms with Crippen molar-refractivity contribution >= 4 is 27.4 Å². The Morgan fingerprint density at radius 3 is 2.56 bits per heavy atom. The molecule has 0 atom stereocenters. The standard InChI is InChI=1S/C26H25N5O2S/c1-31-14-12-28-25(31)24-29-23(27-13-15-32-2)21-20(17-8-5-4-6-9-17)22(34-26(21)30-24)18-10-7-11-19(16-18)33-3/h4-12,14,16H,13,15H2,1-3H3,(H,27,29,30). The lowest BCUT2D eigenvalue weighted by Gasteiger charge is -2.11. The molecule has 0 saturated carbocycles. The van der Waals surface area contributed by atoms with Crippen molar-refractivity contribution in [3.8, 4) is 39.0 Å². The number of hydrogen-bond acceptors (Lipinski definition) is 7. The summed E-state index contributed by atoms with van der Waals surface area (Å²) in [5.41, 5.74) is 3.28. The summed E-state index contributed by atoms with van der Waals surface area (Å²) in [6.45, 7) is 1.19. The molecule has 0 fully saturated rings. The molecule has 0 radical (unpaired) electrons. The number of fused-ring (bicyclic) bond motifs is 1. The van der Waals surface area contributed by atoms with Gasteiger partial charge in [-0.05, 0) is 23.3 Å². The van der Waals surface area contributed by atoms with Crippen molar-refractivity contribution in [3.05, 3.63) is 67.0 Å². The van der Waals surface area contributed by atoms with E-state index in [0.29, 0.717) is 24.8 Å². The molecule has 0 aliphatic rings. The zero-order chi connectivity index (χ0) is 23.5. The molecule has 8 heteroatoms. The monoisotopic (exact) mass is 471 g/mol. The SMILES string of the molecule is COCCNc1nc(-c2nccn2C)nc2sc(-c3cccc(OC)c3)c(-c3ccccc3)c12. The number of hydrogen-bond donors (Lipinski definition) is 1. The quantitative estimate of drug-likeness (QED) is 0.302. The summed E-state index contributed by atoms with van der Waals surface area (Å²) in [5.74, 6) is 2.88. The lowest BCUT2D eigenvalue weighted by molar-refractivity contribution is 0.210. The van der Waals surface area contributed by atoms with Crippen LogP contribution in [0.15, 0.2) is 67.0 Å². The molecule has 5 aromatic rings. The predicted molar refractivity (Wildman–Crippen MR) is 137 cm³/mol. The van der Waals surface area contributed by atoms with Crippen LogP contribution in [0.2, 0.25) is 0 Å². The van der Waals surface area contributed by atoms with E-state index in [1.54, 1.807) is 31.8 Å². The third-order valence-corrected chi connectivity index (χ3v) is 6.70. The van der Waals surface area contributed by atoms with Crippen LogP contribution in [-0.4, -0.2) is 46.9 Å². The van der Waals surface area contributed by atoms with E-state index < -0.39 is 0 Å². The first-order valence-electron chi connectivity index (χ1n) is 10.9. The molecule has 2 aromatic carbocycles. The van der Waals surface area contributed by atoms with Crippen molar-refractivity contribution in [2.75, 3.05) is 32.7 Å². The highest BCUT2D eigenvalue weighted by atomic mass is 32.1. The minimum atomic E-state index is 0.566. The van der Waals surface area contributed by atoms with Crippen molar-refractivity contribution in [2.45, 2.75) is 0 Å². The van der Waals surface area contributed by atoms with Crippen molar-refractivity contribution in [3.63, 3.8) is 0 Å². The second-order valence-corrected chi connectivity index (χ2v) is 8.76. The number of aryl methyl sites for hydroxylation is 1. The highest BCUT2D eigenvalue weighted by molar-refractivity contribution is 7.22. The number of methoxy groups -OCH3 is 2. The average molecular weight is 472 g/mol. The first-order valence-corrected chi connectivity index (χ1v) is 11.8. The van der Waals surface area contributed by atoms with Crippen LogP contribution in [0, 0.1) is 0 Å². The largest absolute Gasteiger partial charge is 0.497 e. The first-order chi connectivity index (χ1) is 16.7. The Kier molecular flexibility index (Phi) is 6.24. The van der Waals surface area contributed by atoms with Gasteiger partial charge in [0.25, 0.3) is 0 Å². The maximum absolute atomic E-state index is 5.51. The number of benzene rings is 2. The minimum Gasteiger partial charge on any atom is -0.497 e. The molecule has 0 unspecified atom stereocenters. The summed E-state index contributed by atoms with van der Waals surface area (Å²) in [7, 11) is 5.32. The van der Waals surface area contributed by atoms with Gasteiger partial charge < -0.3 is 19.4 Å². The van der Waals surface area contributed by atoms with E-state index in [9.17, 15) is 0 Å². The van der Waals surface area contributed by atoms with Gasteiger partial charge >= 0.3 is 0 Å². The van der Waals surface area contributed by atoms with Gasteiger partial charge in [0.2, 0.25) is 0 Å². The molecule has 3 heterocycles. The van der Waals surface area contributed by atoms with E-state index >= 15 is 0 Å². The Morgan fingerprint density at radius 2 is 1.82 bits per heavy atom. The Morgan fingerprint density at radius 1 is 1.00 bits per heavy atom. The summed E-state index contributed by atoms with van der Waals surface area (Å²) in [5, 5.41) is 4.47. The molecule has 1 N–H and O–H groups in total. The molecule has 3 aromatic heterocycles. The minimum absolute atomic E-state index is 0.566. The van der Waals surface area contributed by atoms with Crippen LogP contribution in [0.1, 0.15) is 0 Å². The van der Waals surface area contributed by atoms with Crippen LogP contribution in [0.25, 0.3) is 43.4 Å². The first kappa shape index (κ1) is 22.1. The fourth-order valence-electron chi connectivity index (χ4n) is 3.93. The molecule has 0 spiro atoms. The molecule has 0 amide bonds. The van der Waals surface area contributed by atoms with Gasteiger partial charge in [0, 0.05) is 43.5 Å². The van der Waals surface area contributed by atoms with Crippen LogP contribution in [0.3, 0.4) is 0 Å². The number of aromatic nitrogens is 4. The second kappa shape index (κ2) is 9.62. The van der Waals surface area contributed by atoms with Gasteiger partial charge in [0.15, 0.2) is 11.6 Å². The summed E-state index contributed by atoms with van der Waals surface area (Å²) < 4.78 is 12.7. The van der Waals surface area contributed by atoms with Gasteiger partial charge in [-0.2, -0.15) is 0 Å². The second-order valence-electron chi connectivity index (χ2n) is 7.76. The predicted octanol–water partition coefficient (Wildman–Crippen LogP) is 5.49. The Bertz CT molecular complexity index is 1430. The summed E-state index contributed by atoms with van der Waals surface area (Å²) in [4.78, 5) is 16.4. The number of ether oxygens (including phenoxy) is 2. The third-order valence-electron chi connectivity index (χ3n) is 5.57. The third kappa shape index (κ3) is 4.13. The molecular weight excluding hydrogens is 446 g/mol. The van der Waals surface area contributed by atoms with Crippen LogP contribution in [0.5, 0.6) is 5.75 Å². The van der Waals surface area contributed by atoms with Gasteiger partial charge in [0.05, 0.1) is 19.1 Å². The molecule has 0 aliphatic heterocycles. The van der Waals surface area contributed by atoms with Gasteiger partial charge in [-0.15, -0.1) is 11.3 Å². The van der Waals surface area contributed by atoms with E-state index in [1.165, 1.54) is 0 Å². The molecule has 5 rings (SSSR count). The fraction of sp³-hybridized carbons (Fsp3) is 0.192. The highest BCUT2D eigenvalue weighted by Gasteiger charge is 2.23. The van der Waals surface area contributed by atoms with E-state index in [-0.39, 0.29) is 0 Å². The van der Waals surface area contributed by atoms with Crippen molar-refractivity contribution < 1.29 is 9.47 Å². The number of anilines is 1. The van der Waals surface area contributed by atoms with E-state index in [1.807, 2.05) is 36.0 Å². The van der Waals surface area contributed by atoms with Gasteiger partial charge in [-0.3, -0.25) is 0 Å². The lowest BCUT2D eigenvalue weighted by atomic mass is 9.99. The zero-order valence-corrected chi connectivity index (χ0v) is 20.1. The van der Waals surface area contributed by atoms with Crippen LogP contribution in [-0.2, 0) is 11.8 Å². The topological polar surface area (TPSA) is 74.1 Å². The van der Waals surface area contributed by atoms with Crippen molar-refractivity contribution in [1.29, 1.82) is 0 Å². The van der Waals surface area contributed by atoms with Gasteiger partial charge in [0.1, 0.15) is 16.4 Å². The molecule has 7 nitrogen and oxygen atoms in total.